The second-order valence-corrected chi connectivity index (χ2v) is 4.10. The Morgan fingerprint density at radius 1 is 1.14 bits per heavy atom. The Morgan fingerprint density at radius 2 is 1.71 bits per heavy atom. The lowest BCUT2D eigenvalue weighted by atomic mass is 10.2. The van der Waals surface area contributed by atoms with Gasteiger partial charge in [-0.25, -0.2) is 27.3 Å². The molecule has 0 aliphatic heterocycles. The van der Waals surface area contributed by atoms with Crippen molar-refractivity contribution in [1.29, 1.82) is 0 Å². The topological polar surface area (TPSA) is 62.2 Å². The Balaban J connectivity index is 2.44. The van der Waals surface area contributed by atoms with Crippen LogP contribution in [0.2, 0.25) is 0 Å². The van der Waals surface area contributed by atoms with Crippen molar-refractivity contribution in [1.82, 2.24) is 4.98 Å². The Morgan fingerprint density at radius 3 is 2.19 bits per heavy atom. The molecule has 0 aliphatic rings. The van der Waals surface area contributed by atoms with E-state index < -0.39 is 34.9 Å². The smallest absolute Gasteiger partial charge is 0.337 e. The quantitative estimate of drug-likeness (QED) is 0.674. The van der Waals surface area contributed by atoms with Crippen LogP contribution < -0.4 is 5.32 Å². The zero-order valence-corrected chi connectivity index (χ0v) is 10.5. The summed E-state index contributed by atoms with van der Waals surface area (Å²) in [6.07, 6.45) is 0. The number of benzene rings is 1. The van der Waals surface area contributed by atoms with Crippen LogP contribution in [0.25, 0.3) is 0 Å². The molecule has 21 heavy (non-hydrogen) atoms. The van der Waals surface area contributed by atoms with E-state index in [0.29, 0.717) is 0 Å². The van der Waals surface area contributed by atoms with E-state index in [4.69, 9.17) is 5.11 Å². The number of hydrogen-bond acceptors (Lipinski definition) is 3. The monoisotopic (exact) mass is 300 g/mol. The van der Waals surface area contributed by atoms with Crippen molar-refractivity contribution in [2.24, 2.45) is 0 Å². The van der Waals surface area contributed by atoms with Gasteiger partial charge in [-0.1, -0.05) is 0 Å². The summed E-state index contributed by atoms with van der Waals surface area (Å²) in [4.78, 5) is 14.6. The van der Waals surface area contributed by atoms with E-state index in [1.807, 2.05) is 0 Å². The predicted octanol–water partition coefficient (Wildman–Crippen LogP) is 3.39. The van der Waals surface area contributed by atoms with E-state index in [0.717, 1.165) is 12.1 Å². The zero-order valence-electron chi connectivity index (χ0n) is 10.5. The Labute approximate surface area is 116 Å². The van der Waals surface area contributed by atoms with Crippen LogP contribution >= 0.6 is 0 Å². The van der Waals surface area contributed by atoms with E-state index in [1.54, 1.807) is 0 Å². The van der Waals surface area contributed by atoms with Crippen LogP contribution in [0.4, 0.5) is 29.1 Å². The molecular weight excluding hydrogens is 292 g/mol. The fraction of sp³-hybridized carbons (Fsp3) is 0.0769. The first kappa shape index (κ1) is 14.8. The van der Waals surface area contributed by atoms with Crippen molar-refractivity contribution >= 4 is 17.5 Å². The van der Waals surface area contributed by atoms with Crippen molar-refractivity contribution < 1.29 is 27.5 Å². The molecule has 110 valence electrons. The van der Waals surface area contributed by atoms with Crippen molar-refractivity contribution in [3.8, 4) is 0 Å². The minimum absolute atomic E-state index is 0.0743. The molecule has 2 aromatic rings. The maximum Gasteiger partial charge on any atom is 0.337 e. The summed E-state index contributed by atoms with van der Waals surface area (Å²) in [6.45, 7) is 1.37. The van der Waals surface area contributed by atoms with Crippen molar-refractivity contribution in [2.75, 3.05) is 5.32 Å². The molecule has 8 heteroatoms. The van der Waals surface area contributed by atoms with E-state index in [-0.39, 0.29) is 23.1 Å². The standard InChI is InChI=1S/C13H8F4N2O2/c1-5-6(13(20)21)2-3-9(18-5)19-12-10(16)7(14)4-8(15)11(12)17/h2-4H,1H3,(H,18,19)(H,20,21). The highest BCUT2D eigenvalue weighted by molar-refractivity contribution is 5.89. The van der Waals surface area contributed by atoms with Crippen molar-refractivity contribution in [3.63, 3.8) is 0 Å². The molecule has 0 saturated carbocycles. The third-order valence-electron chi connectivity index (χ3n) is 2.68. The molecule has 4 nitrogen and oxygen atoms in total. The average molecular weight is 300 g/mol. The summed E-state index contributed by atoms with van der Waals surface area (Å²) in [6, 6.07) is 2.36. The van der Waals surface area contributed by atoms with E-state index in [2.05, 4.69) is 10.3 Å². The maximum absolute atomic E-state index is 13.5. The highest BCUT2D eigenvalue weighted by Crippen LogP contribution is 2.27. The lowest BCUT2D eigenvalue weighted by Crippen LogP contribution is -2.07. The molecule has 2 rings (SSSR count). The summed E-state index contributed by atoms with van der Waals surface area (Å²) in [7, 11) is 0. The van der Waals surface area contributed by atoms with Gasteiger partial charge in [0.25, 0.3) is 0 Å². The van der Waals surface area contributed by atoms with E-state index in [9.17, 15) is 22.4 Å². The molecule has 0 saturated heterocycles. The SMILES string of the molecule is Cc1nc(Nc2c(F)c(F)cc(F)c2F)ccc1C(=O)O. The third kappa shape index (κ3) is 2.78. The molecule has 0 fully saturated rings. The molecule has 0 amide bonds. The summed E-state index contributed by atoms with van der Waals surface area (Å²) in [5, 5.41) is 10.9. The number of carboxylic acid groups (broad SMARTS) is 1. The van der Waals surface area contributed by atoms with Gasteiger partial charge in [0.15, 0.2) is 23.3 Å². The number of hydrogen-bond donors (Lipinski definition) is 2. The van der Waals surface area contributed by atoms with Crippen LogP contribution in [-0.4, -0.2) is 16.1 Å². The number of aromatic nitrogens is 1. The first-order chi connectivity index (χ1) is 9.81. The van der Waals surface area contributed by atoms with Gasteiger partial charge in [0, 0.05) is 6.07 Å². The van der Waals surface area contributed by atoms with Gasteiger partial charge >= 0.3 is 5.97 Å². The second-order valence-electron chi connectivity index (χ2n) is 4.10. The van der Waals surface area contributed by atoms with Gasteiger partial charge in [-0.2, -0.15) is 0 Å². The normalized spacial score (nSPS) is 10.5. The summed E-state index contributed by atoms with van der Waals surface area (Å²) in [5.74, 6) is -7.70. The molecule has 0 bridgehead atoms. The number of pyridine rings is 1. The van der Waals surface area contributed by atoms with E-state index in [1.165, 1.54) is 6.92 Å². The first-order valence-corrected chi connectivity index (χ1v) is 5.62. The summed E-state index contributed by atoms with van der Waals surface area (Å²) >= 11 is 0. The van der Waals surface area contributed by atoms with Gasteiger partial charge in [0.2, 0.25) is 0 Å². The average Bonchev–Trinajstić information content (AvgIpc) is 2.41. The summed E-state index contributed by atoms with van der Waals surface area (Å²) in [5.41, 5.74) is -1.07. The van der Waals surface area contributed by atoms with Gasteiger partial charge in [-0.05, 0) is 19.1 Å². The minimum Gasteiger partial charge on any atom is -0.478 e. The van der Waals surface area contributed by atoms with Crippen LogP contribution in [0.1, 0.15) is 16.1 Å². The number of carboxylic acids is 1. The number of rotatable bonds is 3. The molecule has 0 aliphatic carbocycles. The van der Waals surface area contributed by atoms with Gasteiger partial charge in [-0.15, -0.1) is 0 Å². The lowest BCUT2D eigenvalue weighted by Gasteiger charge is -2.10. The highest BCUT2D eigenvalue weighted by atomic mass is 19.2. The number of carbonyl (C=O) groups is 1. The molecule has 0 spiro atoms. The van der Waals surface area contributed by atoms with Gasteiger partial charge in [0.05, 0.1) is 11.3 Å². The largest absolute Gasteiger partial charge is 0.478 e. The molecule has 0 atom stereocenters. The van der Waals surface area contributed by atoms with Crippen molar-refractivity contribution in [3.05, 3.63) is 52.7 Å². The van der Waals surface area contributed by atoms with Crippen LogP contribution in [-0.2, 0) is 0 Å². The third-order valence-corrected chi connectivity index (χ3v) is 2.68. The zero-order chi connectivity index (χ0) is 15.7. The number of aryl methyl sites for hydroxylation is 1. The van der Waals surface area contributed by atoms with Crippen LogP contribution in [0.3, 0.4) is 0 Å². The Hall–Kier alpha value is -2.64. The maximum atomic E-state index is 13.5. The Kier molecular flexibility index (Phi) is 3.79. The van der Waals surface area contributed by atoms with E-state index >= 15 is 0 Å². The fourth-order valence-electron chi connectivity index (χ4n) is 1.67. The molecule has 0 radical (unpaired) electrons. The van der Waals surface area contributed by atoms with Gasteiger partial charge in [-0.3, -0.25) is 0 Å². The molecular formula is C13H8F4N2O2. The number of anilines is 2. The molecule has 1 aromatic carbocycles. The highest BCUT2D eigenvalue weighted by Gasteiger charge is 2.20. The number of halogens is 4. The van der Waals surface area contributed by atoms with Crippen LogP contribution in [0.15, 0.2) is 18.2 Å². The minimum atomic E-state index is -1.60. The van der Waals surface area contributed by atoms with Gasteiger partial charge in [0.1, 0.15) is 11.5 Å². The molecule has 2 N–H and O–H groups in total. The van der Waals surface area contributed by atoms with Crippen LogP contribution in [0, 0.1) is 30.2 Å². The molecule has 1 aromatic heterocycles. The molecule has 0 unspecified atom stereocenters. The van der Waals surface area contributed by atoms with Crippen LogP contribution in [0.5, 0.6) is 0 Å². The second kappa shape index (κ2) is 5.39. The number of nitrogens with zero attached hydrogens (tertiary/aromatic N) is 1. The first-order valence-electron chi connectivity index (χ1n) is 5.62. The lowest BCUT2D eigenvalue weighted by molar-refractivity contribution is 0.0695. The fourth-order valence-corrected chi connectivity index (χ4v) is 1.67. The molecule has 1 heterocycles. The Bertz CT molecular complexity index is 708. The van der Waals surface area contributed by atoms with Gasteiger partial charge < -0.3 is 10.4 Å². The van der Waals surface area contributed by atoms with Crippen molar-refractivity contribution in [2.45, 2.75) is 6.92 Å². The number of aromatic carboxylic acids is 1. The predicted molar refractivity (Wildman–Crippen MR) is 65.5 cm³/mol. The number of nitrogens with one attached hydrogen (secondary N) is 1. The summed E-state index contributed by atoms with van der Waals surface area (Å²) < 4.78 is 53.0.